The van der Waals surface area contributed by atoms with Crippen LogP contribution in [0.1, 0.15) is 12.8 Å². The fraction of sp³-hybridized carbons (Fsp3) is 1.00. The van der Waals surface area contributed by atoms with Crippen molar-refractivity contribution in [1.29, 1.82) is 0 Å². The summed E-state index contributed by atoms with van der Waals surface area (Å²) in [7, 11) is 0. The fourth-order valence-electron chi connectivity index (χ4n) is 0.189. The van der Waals surface area contributed by atoms with Crippen molar-refractivity contribution in [1.82, 2.24) is 0 Å². The van der Waals surface area contributed by atoms with Gasteiger partial charge in [0.1, 0.15) is 0 Å². The first-order chi connectivity index (χ1) is 4.65. The number of unbranched alkanes of at least 4 members (excludes halogenated alkanes) is 1. The van der Waals surface area contributed by atoms with E-state index in [2.05, 4.69) is 0 Å². The van der Waals surface area contributed by atoms with Gasteiger partial charge in [-0.1, -0.05) is 34.8 Å². The Hall–Kier alpha value is 1.45. The summed E-state index contributed by atoms with van der Waals surface area (Å²) >= 11 is 25.1. The molecule has 0 heterocycles. The minimum atomic E-state index is -0.750. The maximum absolute atomic E-state index is 5.32. The van der Waals surface area contributed by atoms with E-state index in [9.17, 15) is 0 Å². The standard InChI is InChI=1S/C4H8Cl2.CHCl3/c5-3-1-2-4-6;2-1(3)4/h1-4H2;1H. The maximum atomic E-state index is 5.32. The first-order valence-corrected chi connectivity index (χ1v) is 5.07. The number of rotatable bonds is 3. The Bertz CT molecular complexity index is 40.5. The van der Waals surface area contributed by atoms with Gasteiger partial charge in [-0.05, 0) is 12.8 Å². The largest absolute Gasteiger partial charge is 0.180 e. The molecule has 0 spiro atoms. The highest BCUT2D eigenvalue weighted by atomic mass is 35.6. The van der Waals surface area contributed by atoms with Crippen LogP contribution in [0.3, 0.4) is 0 Å². The van der Waals surface area contributed by atoms with Gasteiger partial charge in [-0.15, -0.1) is 23.2 Å². The Morgan fingerprint density at radius 2 is 1.00 bits per heavy atom. The molecule has 0 saturated heterocycles. The van der Waals surface area contributed by atoms with E-state index in [-0.39, 0.29) is 0 Å². The summed E-state index contributed by atoms with van der Waals surface area (Å²) in [6.45, 7) is 0. The molecule has 0 aliphatic rings. The van der Waals surface area contributed by atoms with Gasteiger partial charge in [-0.3, -0.25) is 0 Å². The summed E-state index contributed by atoms with van der Waals surface area (Å²) in [4.78, 5) is 0. The minimum Gasteiger partial charge on any atom is -0.127 e. The highest BCUT2D eigenvalue weighted by Gasteiger charge is 1.79. The van der Waals surface area contributed by atoms with E-state index in [4.69, 9.17) is 58.0 Å². The average molecular weight is 246 g/mol. The van der Waals surface area contributed by atoms with Crippen molar-refractivity contribution in [3.05, 3.63) is 0 Å². The molecule has 0 saturated carbocycles. The molecule has 0 aromatic heterocycles. The van der Waals surface area contributed by atoms with Crippen LogP contribution >= 0.6 is 58.0 Å². The monoisotopic (exact) mass is 244 g/mol. The normalized spacial score (nSPS) is 9.00. The van der Waals surface area contributed by atoms with Crippen LogP contribution in [0.2, 0.25) is 0 Å². The van der Waals surface area contributed by atoms with Gasteiger partial charge in [0, 0.05) is 11.8 Å². The second-order valence-corrected chi connectivity index (χ2v) is 4.07. The van der Waals surface area contributed by atoms with E-state index in [1.54, 1.807) is 0 Å². The SMILES string of the molecule is ClC(Cl)Cl.ClCCCCCl. The summed E-state index contributed by atoms with van der Waals surface area (Å²) in [5.74, 6) is 1.49. The zero-order valence-corrected chi connectivity index (χ0v) is 9.08. The Morgan fingerprint density at radius 3 is 1.10 bits per heavy atom. The molecule has 0 bridgehead atoms. The van der Waals surface area contributed by atoms with Crippen LogP contribution in [0, 0.1) is 0 Å². The molecule has 0 unspecified atom stereocenters. The smallest absolute Gasteiger partial charge is 0.127 e. The topological polar surface area (TPSA) is 0 Å². The molecule has 0 aromatic carbocycles. The van der Waals surface area contributed by atoms with Crippen LogP contribution in [0.25, 0.3) is 0 Å². The summed E-state index contributed by atoms with van der Waals surface area (Å²) in [5.41, 5.74) is 0. The van der Waals surface area contributed by atoms with Gasteiger partial charge >= 0.3 is 0 Å². The summed E-state index contributed by atoms with van der Waals surface area (Å²) < 4.78 is -0.750. The number of halogens is 5. The molecule has 0 radical (unpaired) electrons. The van der Waals surface area contributed by atoms with Crippen molar-refractivity contribution in [2.24, 2.45) is 0 Å². The first kappa shape index (κ1) is 14.0. The molecule has 0 amide bonds. The van der Waals surface area contributed by atoms with Gasteiger partial charge in [0.05, 0.1) is 0 Å². The van der Waals surface area contributed by atoms with E-state index < -0.39 is 4.30 Å². The molecular formula is C5H9Cl5. The Morgan fingerprint density at radius 1 is 0.800 bits per heavy atom. The third kappa shape index (κ3) is 34.1. The number of hydrogen-bond acceptors (Lipinski definition) is 0. The lowest BCUT2D eigenvalue weighted by molar-refractivity contribution is 0.899. The molecule has 10 heavy (non-hydrogen) atoms. The average Bonchev–Trinajstić information content (AvgIpc) is 1.82. The predicted octanol–water partition coefficient (Wildman–Crippen LogP) is 4.23. The minimum absolute atomic E-state index is 0.743. The van der Waals surface area contributed by atoms with E-state index in [0.29, 0.717) is 0 Å². The van der Waals surface area contributed by atoms with Crippen molar-refractivity contribution in [2.75, 3.05) is 11.8 Å². The Labute approximate surface area is 86.7 Å². The Balaban J connectivity index is 0. The van der Waals surface area contributed by atoms with Crippen molar-refractivity contribution in [3.8, 4) is 0 Å². The number of alkyl halides is 5. The molecule has 0 atom stereocenters. The van der Waals surface area contributed by atoms with Gasteiger partial charge in [-0.2, -0.15) is 0 Å². The van der Waals surface area contributed by atoms with E-state index in [1.807, 2.05) is 0 Å². The maximum Gasteiger partial charge on any atom is 0.180 e. The molecule has 0 aliphatic heterocycles. The van der Waals surface area contributed by atoms with Gasteiger partial charge < -0.3 is 0 Å². The molecule has 64 valence electrons. The molecule has 0 fully saturated rings. The van der Waals surface area contributed by atoms with Crippen LogP contribution in [0.15, 0.2) is 0 Å². The van der Waals surface area contributed by atoms with Gasteiger partial charge in [0.2, 0.25) is 0 Å². The van der Waals surface area contributed by atoms with Crippen LogP contribution in [-0.4, -0.2) is 16.1 Å². The molecule has 0 nitrogen and oxygen atoms in total. The van der Waals surface area contributed by atoms with Crippen molar-refractivity contribution < 1.29 is 0 Å². The van der Waals surface area contributed by atoms with Gasteiger partial charge in [0.15, 0.2) is 4.30 Å². The zero-order chi connectivity index (χ0) is 8.41. The van der Waals surface area contributed by atoms with E-state index in [0.717, 1.165) is 24.6 Å². The molecule has 0 aromatic rings. The third-order valence-electron chi connectivity index (χ3n) is 0.517. The summed E-state index contributed by atoms with van der Waals surface area (Å²) in [6, 6.07) is 0. The number of hydrogen-bond donors (Lipinski definition) is 0. The van der Waals surface area contributed by atoms with Crippen LogP contribution in [0.4, 0.5) is 0 Å². The van der Waals surface area contributed by atoms with E-state index >= 15 is 0 Å². The third-order valence-corrected chi connectivity index (χ3v) is 1.05. The van der Waals surface area contributed by atoms with Crippen LogP contribution in [0.5, 0.6) is 0 Å². The zero-order valence-electron chi connectivity index (χ0n) is 5.30. The highest BCUT2D eigenvalue weighted by molar-refractivity contribution is 6.63. The highest BCUT2D eigenvalue weighted by Crippen LogP contribution is 2.03. The van der Waals surface area contributed by atoms with Crippen molar-refractivity contribution >= 4 is 58.0 Å². The lowest BCUT2D eigenvalue weighted by atomic mass is 10.4. The van der Waals surface area contributed by atoms with Gasteiger partial charge in [0.25, 0.3) is 0 Å². The molecule has 5 heteroatoms. The molecule has 0 N–H and O–H groups in total. The molecule has 0 aliphatic carbocycles. The second-order valence-electron chi connectivity index (χ2n) is 1.33. The van der Waals surface area contributed by atoms with E-state index in [1.165, 1.54) is 0 Å². The fourth-order valence-corrected chi connectivity index (χ4v) is 0.567. The summed E-state index contributed by atoms with van der Waals surface area (Å²) in [5, 5.41) is 0. The Kier molecular flexibility index (Phi) is 18.3. The predicted molar refractivity (Wildman–Crippen MR) is 52.0 cm³/mol. The van der Waals surface area contributed by atoms with Crippen LogP contribution in [-0.2, 0) is 0 Å². The lowest BCUT2D eigenvalue weighted by Gasteiger charge is -1.83. The van der Waals surface area contributed by atoms with Crippen molar-refractivity contribution in [2.45, 2.75) is 17.1 Å². The van der Waals surface area contributed by atoms with Gasteiger partial charge in [-0.25, -0.2) is 0 Å². The second kappa shape index (κ2) is 13.1. The lowest BCUT2D eigenvalue weighted by Crippen LogP contribution is -1.74. The van der Waals surface area contributed by atoms with Crippen LogP contribution < -0.4 is 0 Å². The molecular weight excluding hydrogens is 237 g/mol. The molecule has 0 rings (SSSR count). The quantitative estimate of drug-likeness (QED) is 0.516. The summed E-state index contributed by atoms with van der Waals surface area (Å²) in [6.07, 6.45) is 2.09. The van der Waals surface area contributed by atoms with Crippen molar-refractivity contribution in [3.63, 3.8) is 0 Å². The first-order valence-electron chi connectivity index (χ1n) is 2.69.